The molecule has 9 heteroatoms. The maximum atomic E-state index is 12.4. The third kappa shape index (κ3) is 24.6. The lowest BCUT2D eigenvalue weighted by Gasteiger charge is -2.47. The molecule has 0 saturated carbocycles. The number of unbranched alkanes of at least 4 members (excludes halogenated alkanes) is 15. The number of carboxylic acids is 2. The van der Waals surface area contributed by atoms with Crippen molar-refractivity contribution in [1.29, 1.82) is 0 Å². The van der Waals surface area contributed by atoms with E-state index in [2.05, 4.69) is 43.2 Å². The molecule has 0 aliphatic heterocycles. The van der Waals surface area contributed by atoms with Gasteiger partial charge in [-0.05, 0) is 76.2 Å². The van der Waals surface area contributed by atoms with Gasteiger partial charge in [-0.25, -0.2) is 0 Å². The first-order valence-electron chi connectivity index (χ1n) is 25.0. The summed E-state index contributed by atoms with van der Waals surface area (Å²) in [5.41, 5.74) is -0.0266. The Morgan fingerprint density at radius 2 is 0.915 bits per heavy atom. The third-order valence-corrected chi connectivity index (χ3v) is 13.2. The SMILES string of the molecule is CCCCCC(CCCCC)CCC(CCCCCCC(=O)O)(CCC(CCCCC)CCCCC)N(CCCCCCCC(=O)O)CCCNc1c(NC)c(=O)c1=O. The second kappa shape index (κ2) is 35.2. The molecule has 0 spiro atoms. The summed E-state index contributed by atoms with van der Waals surface area (Å²) in [6.07, 6.45) is 36.8. The molecule has 0 fully saturated rings. The minimum absolute atomic E-state index is 0.0370. The maximum absolute atomic E-state index is 12.4. The van der Waals surface area contributed by atoms with Crippen LogP contribution in [0.3, 0.4) is 0 Å². The Morgan fingerprint density at radius 1 is 0.508 bits per heavy atom. The molecule has 0 aromatic heterocycles. The van der Waals surface area contributed by atoms with Crippen molar-refractivity contribution in [2.24, 2.45) is 11.8 Å². The number of carbonyl (C=O) groups is 2. The van der Waals surface area contributed by atoms with Gasteiger partial charge in [-0.15, -0.1) is 0 Å². The van der Waals surface area contributed by atoms with Gasteiger partial charge in [0.2, 0.25) is 0 Å². The van der Waals surface area contributed by atoms with Crippen molar-refractivity contribution in [3.8, 4) is 0 Å². The molecule has 0 amide bonds. The molecule has 1 aromatic carbocycles. The molecule has 1 rings (SSSR count). The average Bonchev–Trinajstić information content (AvgIpc) is 3.21. The topological polar surface area (TPSA) is 136 Å². The van der Waals surface area contributed by atoms with Crippen LogP contribution in [0.2, 0.25) is 0 Å². The smallest absolute Gasteiger partial charge is 0.303 e. The van der Waals surface area contributed by atoms with Gasteiger partial charge in [-0.2, -0.15) is 0 Å². The van der Waals surface area contributed by atoms with Crippen molar-refractivity contribution in [1.82, 2.24) is 4.90 Å². The monoisotopic (exact) mass is 832 g/mol. The molecular weight excluding hydrogens is 739 g/mol. The maximum Gasteiger partial charge on any atom is 0.303 e. The van der Waals surface area contributed by atoms with Crippen LogP contribution in [0.1, 0.15) is 240 Å². The second-order valence-corrected chi connectivity index (χ2v) is 18.2. The molecule has 4 N–H and O–H groups in total. The zero-order valence-electron chi connectivity index (χ0n) is 39.1. The third-order valence-electron chi connectivity index (χ3n) is 13.2. The van der Waals surface area contributed by atoms with E-state index in [1.165, 1.54) is 128 Å². The van der Waals surface area contributed by atoms with E-state index in [1.54, 1.807) is 7.05 Å². The van der Waals surface area contributed by atoms with Gasteiger partial charge in [-0.3, -0.25) is 24.1 Å². The summed E-state index contributed by atoms with van der Waals surface area (Å²) in [5, 5.41) is 24.7. The fourth-order valence-corrected chi connectivity index (χ4v) is 9.45. The lowest BCUT2D eigenvalue weighted by molar-refractivity contribution is -0.138. The Balaban J connectivity index is 3.59. The van der Waals surface area contributed by atoms with Gasteiger partial charge in [0, 0.05) is 38.5 Å². The number of rotatable bonds is 44. The number of anilines is 2. The van der Waals surface area contributed by atoms with Crippen LogP contribution in [0.4, 0.5) is 11.4 Å². The zero-order chi connectivity index (χ0) is 43.6. The Labute approximate surface area is 361 Å². The Kier molecular flexibility index (Phi) is 32.6. The summed E-state index contributed by atoms with van der Waals surface area (Å²) in [7, 11) is 1.69. The highest BCUT2D eigenvalue weighted by Gasteiger charge is 2.36. The molecule has 0 radical (unpaired) electrons. The minimum atomic E-state index is -0.714. The number of aliphatic carboxylic acids is 2. The van der Waals surface area contributed by atoms with E-state index < -0.39 is 22.8 Å². The highest BCUT2D eigenvalue weighted by molar-refractivity contribution is 5.73. The van der Waals surface area contributed by atoms with Crippen LogP contribution >= 0.6 is 0 Å². The van der Waals surface area contributed by atoms with E-state index in [0.717, 1.165) is 95.6 Å². The highest BCUT2D eigenvalue weighted by Crippen LogP contribution is 2.39. The van der Waals surface area contributed by atoms with Crippen LogP contribution in [0.25, 0.3) is 0 Å². The van der Waals surface area contributed by atoms with Crippen LogP contribution in [-0.2, 0) is 9.59 Å². The zero-order valence-corrected chi connectivity index (χ0v) is 39.1. The second-order valence-electron chi connectivity index (χ2n) is 18.2. The van der Waals surface area contributed by atoms with Crippen molar-refractivity contribution in [3.63, 3.8) is 0 Å². The summed E-state index contributed by atoms with van der Waals surface area (Å²) in [4.78, 5) is 49.9. The summed E-state index contributed by atoms with van der Waals surface area (Å²) in [6.45, 7) is 11.8. The van der Waals surface area contributed by atoms with E-state index in [9.17, 15) is 29.4 Å². The fraction of sp³-hybridized carbons (Fsp3) is 0.880. The summed E-state index contributed by atoms with van der Waals surface area (Å²) < 4.78 is 0. The van der Waals surface area contributed by atoms with Gasteiger partial charge in [0.05, 0.1) is 0 Å². The number of hydrogen-bond acceptors (Lipinski definition) is 7. The highest BCUT2D eigenvalue weighted by atomic mass is 16.4. The van der Waals surface area contributed by atoms with E-state index in [-0.39, 0.29) is 18.4 Å². The molecule has 59 heavy (non-hydrogen) atoms. The van der Waals surface area contributed by atoms with Crippen molar-refractivity contribution in [2.75, 3.05) is 37.3 Å². The molecule has 0 aliphatic carbocycles. The molecule has 1 aromatic rings. The largest absolute Gasteiger partial charge is 0.481 e. The molecule has 0 aliphatic rings. The normalized spacial score (nSPS) is 12.1. The van der Waals surface area contributed by atoms with Crippen molar-refractivity contribution < 1.29 is 19.8 Å². The van der Waals surface area contributed by atoms with Crippen LogP contribution in [-0.4, -0.2) is 59.3 Å². The van der Waals surface area contributed by atoms with Crippen LogP contribution in [0, 0.1) is 11.8 Å². The van der Waals surface area contributed by atoms with Gasteiger partial charge in [0.15, 0.2) is 0 Å². The van der Waals surface area contributed by atoms with Crippen LogP contribution in [0.15, 0.2) is 9.59 Å². The Morgan fingerprint density at radius 3 is 1.36 bits per heavy atom. The van der Waals surface area contributed by atoms with Crippen molar-refractivity contribution in [2.45, 2.75) is 245 Å². The van der Waals surface area contributed by atoms with Gasteiger partial charge in [0.25, 0.3) is 10.9 Å². The predicted octanol–water partition coefficient (Wildman–Crippen LogP) is 13.1. The Hall–Kier alpha value is -2.42. The molecule has 0 atom stereocenters. The van der Waals surface area contributed by atoms with E-state index in [1.807, 2.05) is 0 Å². The first kappa shape index (κ1) is 54.6. The van der Waals surface area contributed by atoms with Gasteiger partial charge >= 0.3 is 11.9 Å². The quantitative estimate of drug-likeness (QED) is 0.0374. The number of nitrogens with one attached hydrogen (secondary N) is 2. The lowest BCUT2D eigenvalue weighted by Crippen LogP contribution is -2.50. The first-order valence-corrected chi connectivity index (χ1v) is 25.0. The van der Waals surface area contributed by atoms with E-state index >= 15 is 0 Å². The van der Waals surface area contributed by atoms with Crippen LogP contribution < -0.4 is 21.5 Å². The van der Waals surface area contributed by atoms with Gasteiger partial charge in [0.1, 0.15) is 11.4 Å². The summed E-state index contributed by atoms with van der Waals surface area (Å²) in [6, 6.07) is 0. The first-order chi connectivity index (χ1) is 28.6. The lowest BCUT2D eigenvalue weighted by atomic mass is 9.75. The number of hydrogen-bond donors (Lipinski definition) is 4. The molecule has 0 bridgehead atoms. The minimum Gasteiger partial charge on any atom is -0.481 e. The Bertz CT molecular complexity index is 1210. The summed E-state index contributed by atoms with van der Waals surface area (Å²) >= 11 is 0. The summed E-state index contributed by atoms with van der Waals surface area (Å²) in [5.74, 6) is 0.0510. The van der Waals surface area contributed by atoms with Crippen molar-refractivity contribution in [3.05, 3.63) is 20.4 Å². The molecular formula is C50H93N3O6. The van der Waals surface area contributed by atoms with E-state index in [0.29, 0.717) is 17.9 Å². The fourth-order valence-electron chi connectivity index (χ4n) is 9.45. The molecule has 0 unspecified atom stereocenters. The van der Waals surface area contributed by atoms with Crippen LogP contribution in [0.5, 0.6) is 0 Å². The molecule has 0 heterocycles. The van der Waals surface area contributed by atoms with Gasteiger partial charge < -0.3 is 20.8 Å². The van der Waals surface area contributed by atoms with E-state index in [4.69, 9.17) is 0 Å². The average molecular weight is 832 g/mol. The number of nitrogens with zero attached hydrogens (tertiary/aromatic N) is 1. The molecule has 0 saturated heterocycles. The number of carboxylic acid groups (broad SMARTS) is 2. The van der Waals surface area contributed by atoms with Gasteiger partial charge in [-0.1, -0.05) is 169 Å². The molecule has 344 valence electrons. The molecule has 9 nitrogen and oxygen atoms in total. The predicted molar refractivity (Wildman–Crippen MR) is 251 cm³/mol. The standard InChI is InChI=1S/C50H93N3O6/c1-6-10-19-28-42(29-20-11-7-2)34-37-50(36-25-17-16-24-33-45(56)57,38-35-43(30-21-12-8-3)31-22-13-9-4)53(40-26-18-14-15-23-32-44(54)55)41-27-39-52-47-46(51-5)48(58)49(47)59/h42-43,51-52H,6-41H2,1-5H3,(H,54,55)(H,56,57). The van der Waals surface area contributed by atoms with Crippen molar-refractivity contribution >= 4 is 23.3 Å².